The lowest BCUT2D eigenvalue weighted by molar-refractivity contribution is 0.272. The van der Waals surface area contributed by atoms with Gasteiger partial charge in [0.1, 0.15) is 0 Å². The van der Waals surface area contributed by atoms with Crippen LogP contribution in [0.3, 0.4) is 0 Å². The number of aryl methyl sites for hydroxylation is 1. The van der Waals surface area contributed by atoms with E-state index in [2.05, 4.69) is 14.9 Å². The Hall–Kier alpha value is -1.71. The largest absolute Gasteiger partial charge is 0.390 e. The van der Waals surface area contributed by atoms with Crippen molar-refractivity contribution >= 4 is 10.0 Å². The van der Waals surface area contributed by atoms with E-state index in [0.29, 0.717) is 18.0 Å². The molecule has 104 valence electrons. The molecule has 0 spiro atoms. The van der Waals surface area contributed by atoms with Crippen molar-refractivity contribution in [1.82, 2.24) is 19.4 Å². The highest BCUT2D eigenvalue weighted by atomic mass is 32.2. The lowest BCUT2D eigenvalue weighted by Crippen LogP contribution is -2.25. The van der Waals surface area contributed by atoms with Gasteiger partial charge in [0.15, 0.2) is 6.33 Å². The molecule has 0 aliphatic heterocycles. The number of sulfonamides is 1. The maximum atomic E-state index is 12.0. The zero-order valence-electron chi connectivity index (χ0n) is 10.3. The number of rotatable bonds is 6. The summed E-state index contributed by atoms with van der Waals surface area (Å²) >= 11 is 0. The van der Waals surface area contributed by atoms with Gasteiger partial charge in [-0.25, -0.2) is 13.1 Å². The molecule has 0 radical (unpaired) electrons. The van der Waals surface area contributed by atoms with Crippen LogP contribution in [0, 0.1) is 0 Å². The third-order valence-electron chi connectivity index (χ3n) is 2.59. The van der Waals surface area contributed by atoms with Crippen LogP contribution in [0.5, 0.6) is 0 Å². The predicted molar refractivity (Wildman–Crippen MR) is 64.5 cm³/mol. The molecule has 2 heterocycles. The van der Waals surface area contributed by atoms with Gasteiger partial charge >= 0.3 is 0 Å². The molecule has 2 rings (SSSR count). The third kappa shape index (κ3) is 3.19. The number of nitrogens with one attached hydrogen (secondary N) is 1. The highest BCUT2D eigenvalue weighted by Gasteiger charge is 2.17. The number of nitrogens with zero attached hydrogens (tertiary/aromatic N) is 3. The first-order valence-corrected chi connectivity index (χ1v) is 7.02. The van der Waals surface area contributed by atoms with Crippen LogP contribution >= 0.6 is 0 Å². The van der Waals surface area contributed by atoms with Crippen LogP contribution in [-0.4, -0.2) is 34.8 Å². The topological polar surface area (TPSA) is 110 Å². The van der Waals surface area contributed by atoms with Crippen LogP contribution in [0.2, 0.25) is 0 Å². The van der Waals surface area contributed by atoms with Crippen molar-refractivity contribution in [2.24, 2.45) is 7.05 Å². The van der Waals surface area contributed by atoms with Crippen molar-refractivity contribution in [3.05, 3.63) is 30.2 Å². The highest BCUT2D eigenvalue weighted by molar-refractivity contribution is 7.89. The first-order chi connectivity index (χ1) is 9.03. The van der Waals surface area contributed by atoms with E-state index >= 15 is 0 Å². The van der Waals surface area contributed by atoms with Gasteiger partial charge in [-0.05, 0) is 6.07 Å². The van der Waals surface area contributed by atoms with Crippen LogP contribution < -0.4 is 4.72 Å². The second-order valence-electron chi connectivity index (χ2n) is 3.92. The van der Waals surface area contributed by atoms with Crippen molar-refractivity contribution < 1.29 is 18.0 Å². The van der Waals surface area contributed by atoms with Gasteiger partial charge in [-0.1, -0.05) is 5.16 Å². The van der Waals surface area contributed by atoms with Crippen molar-refractivity contribution in [1.29, 1.82) is 0 Å². The average molecular weight is 286 g/mol. The zero-order chi connectivity index (χ0) is 13.9. The molecule has 8 nitrogen and oxygen atoms in total. The molecule has 0 aliphatic carbocycles. The molecule has 0 aromatic carbocycles. The SMILES string of the molecule is Cn1cc(S(=O)(=O)NCCc2ncno2)cc1CO. The summed E-state index contributed by atoms with van der Waals surface area (Å²) in [5.74, 6) is 0.367. The Morgan fingerprint density at radius 3 is 2.89 bits per heavy atom. The number of aromatic nitrogens is 3. The van der Waals surface area contributed by atoms with E-state index in [9.17, 15) is 8.42 Å². The molecule has 0 saturated heterocycles. The second kappa shape index (κ2) is 5.51. The van der Waals surface area contributed by atoms with Crippen LogP contribution in [0.15, 0.2) is 28.0 Å². The number of hydrogen-bond acceptors (Lipinski definition) is 6. The maximum absolute atomic E-state index is 12.0. The Kier molecular flexibility index (Phi) is 3.98. The lowest BCUT2D eigenvalue weighted by atomic mass is 10.4. The molecule has 0 aliphatic rings. The van der Waals surface area contributed by atoms with Crippen LogP contribution in [0.1, 0.15) is 11.6 Å². The summed E-state index contributed by atoms with van der Waals surface area (Å²) in [7, 11) is -1.93. The summed E-state index contributed by atoms with van der Waals surface area (Å²) in [6.07, 6.45) is 3.02. The molecule has 2 aromatic heterocycles. The Bertz CT molecular complexity index is 633. The van der Waals surface area contributed by atoms with E-state index in [-0.39, 0.29) is 18.0 Å². The normalized spacial score (nSPS) is 11.9. The molecule has 19 heavy (non-hydrogen) atoms. The molecule has 2 aromatic rings. The lowest BCUT2D eigenvalue weighted by Gasteiger charge is -2.02. The van der Waals surface area contributed by atoms with Crippen molar-refractivity contribution in [3.63, 3.8) is 0 Å². The fraction of sp³-hybridized carbons (Fsp3) is 0.400. The van der Waals surface area contributed by atoms with Gasteiger partial charge in [0, 0.05) is 31.9 Å². The van der Waals surface area contributed by atoms with E-state index in [1.807, 2.05) is 0 Å². The summed E-state index contributed by atoms with van der Waals surface area (Å²) in [4.78, 5) is 3.91. The predicted octanol–water partition coefficient (Wildman–Crippen LogP) is -0.579. The Morgan fingerprint density at radius 1 is 1.53 bits per heavy atom. The van der Waals surface area contributed by atoms with Crippen molar-refractivity contribution in [2.45, 2.75) is 17.9 Å². The Labute approximate surface area is 110 Å². The summed E-state index contributed by atoms with van der Waals surface area (Å²) in [6, 6.07) is 1.43. The number of aliphatic hydroxyl groups excluding tert-OH is 1. The molecule has 2 N–H and O–H groups in total. The van der Waals surface area contributed by atoms with Crippen molar-refractivity contribution in [3.8, 4) is 0 Å². The van der Waals surface area contributed by atoms with Gasteiger partial charge in [0.2, 0.25) is 15.9 Å². The Balaban J connectivity index is 2.01. The summed E-state index contributed by atoms with van der Waals surface area (Å²) in [5.41, 5.74) is 0.525. The standard InChI is InChI=1S/C10H14N4O4S/c1-14-5-9(4-8(14)6-15)19(16,17)13-3-2-10-11-7-12-18-10/h4-5,7,13,15H,2-3,6H2,1H3. The van der Waals surface area contributed by atoms with E-state index in [4.69, 9.17) is 9.63 Å². The fourth-order valence-corrected chi connectivity index (χ4v) is 2.69. The molecular formula is C10H14N4O4S. The smallest absolute Gasteiger partial charge is 0.242 e. The quantitative estimate of drug-likeness (QED) is 0.735. The van der Waals surface area contributed by atoms with Crippen LogP contribution in [0.25, 0.3) is 0 Å². The van der Waals surface area contributed by atoms with Crippen molar-refractivity contribution in [2.75, 3.05) is 6.54 Å². The summed E-state index contributed by atoms with van der Waals surface area (Å²) in [5, 5.41) is 12.5. The third-order valence-corrected chi connectivity index (χ3v) is 4.02. The number of aliphatic hydroxyl groups is 1. The number of hydrogen-bond donors (Lipinski definition) is 2. The maximum Gasteiger partial charge on any atom is 0.242 e. The first kappa shape index (κ1) is 13.7. The van der Waals surface area contributed by atoms with Gasteiger partial charge < -0.3 is 14.2 Å². The highest BCUT2D eigenvalue weighted by Crippen LogP contribution is 2.13. The van der Waals surface area contributed by atoms with E-state index in [0.717, 1.165) is 0 Å². The molecular weight excluding hydrogens is 272 g/mol. The van der Waals surface area contributed by atoms with Gasteiger partial charge in [-0.2, -0.15) is 4.98 Å². The molecule has 0 atom stereocenters. The van der Waals surface area contributed by atoms with Crippen LogP contribution in [-0.2, 0) is 30.1 Å². The monoisotopic (exact) mass is 286 g/mol. The average Bonchev–Trinajstić information content (AvgIpc) is 2.98. The van der Waals surface area contributed by atoms with E-state index < -0.39 is 10.0 Å². The van der Waals surface area contributed by atoms with Crippen LogP contribution in [0.4, 0.5) is 0 Å². The molecule has 0 saturated carbocycles. The summed E-state index contributed by atoms with van der Waals surface area (Å²) in [6.45, 7) is -0.0537. The van der Waals surface area contributed by atoms with Gasteiger partial charge in [0.05, 0.1) is 11.5 Å². The van der Waals surface area contributed by atoms with Gasteiger partial charge in [0.25, 0.3) is 0 Å². The minimum Gasteiger partial charge on any atom is -0.390 e. The molecule has 0 amide bonds. The molecule has 9 heteroatoms. The zero-order valence-corrected chi connectivity index (χ0v) is 11.1. The Morgan fingerprint density at radius 2 is 2.32 bits per heavy atom. The molecule has 0 unspecified atom stereocenters. The molecule has 0 fully saturated rings. The summed E-state index contributed by atoms with van der Waals surface area (Å²) < 4.78 is 32.7. The van der Waals surface area contributed by atoms with E-state index in [1.165, 1.54) is 18.6 Å². The van der Waals surface area contributed by atoms with Gasteiger partial charge in [-0.3, -0.25) is 0 Å². The minimum absolute atomic E-state index is 0.115. The second-order valence-corrected chi connectivity index (χ2v) is 5.69. The van der Waals surface area contributed by atoms with E-state index in [1.54, 1.807) is 11.6 Å². The molecule has 0 bridgehead atoms. The fourth-order valence-electron chi connectivity index (χ4n) is 1.56. The minimum atomic E-state index is -3.60. The van der Waals surface area contributed by atoms with Gasteiger partial charge in [-0.15, -0.1) is 0 Å². The first-order valence-electron chi connectivity index (χ1n) is 5.54.